The zero-order chi connectivity index (χ0) is 10.1. The summed E-state index contributed by atoms with van der Waals surface area (Å²) in [6, 6.07) is 11.0. The first-order valence-electron chi connectivity index (χ1n) is 5.85. The molecule has 1 heterocycles. The Labute approximate surface area is 90.8 Å². The molecule has 2 aliphatic rings. The fraction of sp³-hybridized carbons (Fsp3) is 0.538. The lowest BCUT2D eigenvalue weighted by atomic mass is 10.3. The topological polar surface area (TPSA) is 12.5 Å². The Kier molecular flexibility index (Phi) is 2.37. The van der Waals surface area contributed by atoms with Gasteiger partial charge in [0.15, 0.2) is 0 Å². The molecule has 0 aromatic heterocycles. The number of likely N-dealkylation sites (tertiary alicyclic amines) is 1. The highest BCUT2D eigenvalue weighted by Crippen LogP contribution is 2.43. The number of hydrogen-bond acceptors (Lipinski definition) is 2. The highest BCUT2D eigenvalue weighted by atomic mass is 16.5. The van der Waals surface area contributed by atoms with Gasteiger partial charge in [0.1, 0.15) is 12.4 Å². The molecule has 1 unspecified atom stereocenters. The Morgan fingerprint density at radius 3 is 2.80 bits per heavy atom. The lowest BCUT2D eigenvalue weighted by molar-refractivity contribution is 0.220. The van der Waals surface area contributed by atoms with E-state index in [1.807, 2.05) is 30.3 Å². The highest BCUT2D eigenvalue weighted by molar-refractivity contribution is 5.20. The van der Waals surface area contributed by atoms with E-state index in [0.717, 1.165) is 30.9 Å². The summed E-state index contributed by atoms with van der Waals surface area (Å²) >= 11 is 0. The first-order chi connectivity index (χ1) is 7.43. The van der Waals surface area contributed by atoms with Gasteiger partial charge in [0.05, 0.1) is 0 Å². The molecule has 3 rings (SSSR count). The smallest absolute Gasteiger partial charge is 0.119 e. The molecule has 1 aliphatic heterocycles. The standard InChI is InChI=1S/C13H17NO/c1-2-4-12(5-3-1)15-9-8-14-7-6-11-10-13(11)14/h1-5,11,13H,6-10H2/t11?,13-/m1/s1. The van der Waals surface area contributed by atoms with Crippen molar-refractivity contribution in [3.05, 3.63) is 30.3 Å². The Balaban J connectivity index is 1.43. The van der Waals surface area contributed by atoms with Crippen LogP contribution in [0.5, 0.6) is 5.75 Å². The van der Waals surface area contributed by atoms with Gasteiger partial charge in [-0.2, -0.15) is 0 Å². The molecule has 15 heavy (non-hydrogen) atoms. The van der Waals surface area contributed by atoms with Crippen LogP contribution in [0.4, 0.5) is 0 Å². The first-order valence-corrected chi connectivity index (χ1v) is 5.85. The van der Waals surface area contributed by atoms with Gasteiger partial charge in [-0.05, 0) is 37.4 Å². The number of rotatable bonds is 4. The zero-order valence-corrected chi connectivity index (χ0v) is 8.93. The van der Waals surface area contributed by atoms with Crippen molar-refractivity contribution < 1.29 is 4.74 Å². The van der Waals surface area contributed by atoms with Gasteiger partial charge in [-0.25, -0.2) is 0 Å². The average molecular weight is 203 g/mol. The summed E-state index contributed by atoms with van der Waals surface area (Å²) in [6.07, 6.45) is 2.85. The molecule has 0 bridgehead atoms. The molecule has 0 N–H and O–H groups in total. The predicted molar refractivity (Wildman–Crippen MR) is 60.0 cm³/mol. The monoisotopic (exact) mass is 203 g/mol. The second kappa shape index (κ2) is 3.86. The highest BCUT2D eigenvalue weighted by Gasteiger charge is 2.46. The first kappa shape index (κ1) is 9.22. The summed E-state index contributed by atoms with van der Waals surface area (Å²) in [6.45, 7) is 3.21. The lowest BCUT2D eigenvalue weighted by Crippen LogP contribution is -2.28. The minimum Gasteiger partial charge on any atom is -0.492 e. The molecule has 1 aromatic rings. The van der Waals surface area contributed by atoms with E-state index in [2.05, 4.69) is 4.90 Å². The normalized spacial score (nSPS) is 28.8. The average Bonchev–Trinajstić information content (AvgIpc) is 2.96. The number of ether oxygens (including phenoxy) is 1. The molecule has 1 aliphatic carbocycles. The van der Waals surface area contributed by atoms with Gasteiger partial charge in [0.25, 0.3) is 0 Å². The van der Waals surface area contributed by atoms with Crippen LogP contribution in [0.15, 0.2) is 30.3 Å². The van der Waals surface area contributed by atoms with E-state index in [1.165, 1.54) is 19.4 Å². The maximum atomic E-state index is 5.69. The molecule has 2 fully saturated rings. The van der Waals surface area contributed by atoms with E-state index < -0.39 is 0 Å². The molecule has 0 spiro atoms. The van der Waals surface area contributed by atoms with Crippen LogP contribution in [0, 0.1) is 5.92 Å². The minimum atomic E-state index is 0.827. The maximum Gasteiger partial charge on any atom is 0.119 e. The summed E-state index contributed by atoms with van der Waals surface area (Å²) in [5.41, 5.74) is 0. The molecular weight excluding hydrogens is 186 g/mol. The number of nitrogens with zero attached hydrogens (tertiary/aromatic N) is 1. The summed E-state index contributed by atoms with van der Waals surface area (Å²) in [4.78, 5) is 2.58. The fourth-order valence-corrected chi connectivity index (χ4v) is 2.56. The van der Waals surface area contributed by atoms with Gasteiger partial charge in [0.2, 0.25) is 0 Å². The number of benzene rings is 1. The van der Waals surface area contributed by atoms with Crippen molar-refractivity contribution in [1.82, 2.24) is 4.90 Å². The second-order valence-corrected chi connectivity index (χ2v) is 4.55. The van der Waals surface area contributed by atoms with Crippen LogP contribution >= 0.6 is 0 Å². The van der Waals surface area contributed by atoms with Crippen LogP contribution < -0.4 is 4.74 Å². The Morgan fingerprint density at radius 2 is 2.13 bits per heavy atom. The van der Waals surface area contributed by atoms with Gasteiger partial charge in [0, 0.05) is 12.6 Å². The van der Waals surface area contributed by atoms with Crippen molar-refractivity contribution in [2.24, 2.45) is 5.92 Å². The van der Waals surface area contributed by atoms with Crippen LogP contribution in [0.1, 0.15) is 12.8 Å². The van der Waals surface area contributed by atoms with Crippen molar-refractivity contribution >= 4 is 0 Å². The van der Waals surface area contributed by atoms with Crippen molar-refractivity contribution in [1.29, 1.82) is 0 Å². The minimum absolute atomic E-state index is 0.827. The number of piperidine rings is 1. The predicted octanol–water partition coefficient (Wildman–Crippen LogP) is 2.16. The largest absolute Gasteiger partial charge is 0.492 e. The second-order valence-electron chi connectivity index (χ2n) is 4.55. The summed E-state index contributed by atoms with van der Waals surface area (Å²) < 4.78 is 5.69. The molecule has 1 saturated carbocycles. The Bertz CT molecular complexity index is 325. The van der Waals surface area contributed by atoms with E-state index in [1.54, 1.807) is 0 Å². The third kappa shape index (κ3) is 2.00. The molecule has 2 nitrogen and oxygen atoms in total. The van der Waals surface area contributed by atoms with Crippen LogP contribution in [0.3, 0.4) is 0 Å². The molecule has 0 radical (unpaired) electrons. The van der Waals surface area contributed by atoms with Gasteiger partial charge in [-0.1, -0.05) is 18.2 Å². The van der Waals surface area contributed by atoms with Gasteiger partial charge in [-0.3, -0.25) is 4.90 Å². The summed E-state index contributed by atoms with van der Waals surface area (Å²) in [7, 11) is 0. The van der Waals surface area contributed by atoms with E-state index >= 15 is 0 Å². The zero-order valence-electron chi connectivity index (χ0n) is 8.93. The van der Waals surface area contributed by atoms with E-state index in [-0.39, 0.29) is 0 Å². The molecular formula is C13H17NO. The molecule has 0 amide bonds. The molecule has 2 atom stereocenters. The van der Waals surface area contributed by atoms with Crippen molar-refractivity contribution in [3.63, 3.8) is 0 Å². The molecule has 80 valence electrons. The summed E-state index contributed by atoms with van der Waals surface area (Å²) in [5, 5.41) is 0. The maximum absolute atomic E-state index is 5.69. The number of fused-ring (bicyclic) bond motifs is 1. The SMILES string of the molecule is c1ccc(OCCN2CCC3C[C@H]32)cc1. The molecule has 1 aromatic carbocycles. The summed E-state index contributed by atoms with van der Waals surface area (Å²) in [5.74, 6) is 2.02. The van der Waals surface area contributed by atoms with Crippen LogP contribution in [0.2, 0.25) is 0 Å². The molecule has 2 heteroatoms. The van der Waals surface area contributed by atoms with Crippen LogP contribution in [0.25, 0.3) is 0 Å². The van der Waals surface area contributed by atoms with E-state index in [9.17, 15) is 0 Å². The van der Waals surface area contributed by atoms with Crippen molar-refractivity contribution in [2.75, 3.05) is 19.7 Å². The third-order valence-corrected chi connectivity index (χ3v) is 3.53. The quantitative estimate of drug-likeness (QED) is 0.743. The van der Waals surface area contributed by atoms with Gasteiger partial charge in [-0.15, -0.1) is 0 Å². The Hall–Kier alpha value is -1.02. The molecule has 1 saturated heterocycles. The van der Waals surface area contributed by atoms with E-state index in [4.69, 9.17) is 4.74 Å². The number of para-hydroxylation sites is 1. The van der Waals surface area contributed by atoms with Crippen molar-refractivity contribution in [2.45, 2.75) is 18.9 Å². The van der Waals surface area contributed by atoms with Crippen LogP contribution in [-0.4, -0.2) is 30.6 Å². The fourth-order valence-electron chi connectivity index (χ4n) is 2.56. The van der Waals surface area contributed by atoms with Gasteiger partial charge < -0.3 is 4.74 Å². The van der Waals surface area contributed by atoms with Crippen LogP contribution in [-0.2, 0) is 0 Å². The van der Waals surface area contributed by atoms with E-state index in [0.29, 0.717) is 0 Å². The lowest BCUT2D eigenvalue weighted by Gasteiger charge is -2.17. The van der Waals surface area contributed by atoms with Crippen molar-refractivity contribution in [3.8, 4) is 5.75 Å². The van der Waals surface area contributed by atoms with Gasteiger partial charge >= 0.3 is 0 Å². The third-order valence-electron chi connectivity index (χ3n) is 3.53. The number of hydrogen-bond donors (Lipinski definition) is 0. The Morgan fingerprint density at radius 1 is 1.27 bits per heavy atom.